The number of hydrogen-bond donors (Lipinski definition) is 1. The standard InChI is InChI=1S/C15H32OS/c1-4-7-9-10-12-15(11-8-5-2)17-13-14(16)6-3/h14-16H,4-13H2,1-3H3/t14?,15-/m0/s1. The van der Waals surface area contributed by atoms with E-state index in [1.54, 1.807) is 0 Å². The van der Waals surface area contributed by atoms with Gasteiger partial charge in [-0.25, -0.2) is 0 Å². The van der Waals surface area contributed by atoms with Crippen LogP contribution in [0.15, 0.2) is 0 Å². The van der Waals surface area contributed by atoms with E-state index in [4.69, 9.17) is 0 Å². The largest absolute Gasteiger partial charge is 0.392 e. The Morgan fingerprint density at radius 1 is 0.882 bits per heavy atom. The van der Waals surface area contributed by atoms with E-state index >= 15 is 0 Å². The van der Waals surface area contributed by atoms with Gasteiger partial charge in [-0.15, -0.1) is 0 Å². The molecule has 0 saturated carbocycles. The van der Waals surface area contributed by atoms with Crippen LogP contribution in [0.4, 0.5) is 0 Å². The normalized spacial score (nSPS) is 14.8. The van der Waals surface area contributed by atoms with Gasteiger partial charge >= 0.3 is 0 Å². The Labute approximate surface area is 113 Å². The maximum Gasteiger partial charge on any atom is 0.0628 e. The fraction of sp³-hybridized carbons (Fsp3) is 1.00. The maximum atomic E-state index is 9.62. The molecule has 0 rings (SSSR count). The smallest absolute Gasteiger partial charge is 0.0628 e. The van der Waals surface area contributed by atoms with Gasteiger partial charge < -0.3 is 5.11 Å². The lowest BCUT2D eigenvalue weighted by molar-refractivity contribution is 0.195. The summed E-state index contributed by atoms with van der Waals surface area (Å²) in [5.74, 6) is 0.929. The molecule has 0 spiro atoms. The summed E-state index contributed by atoms with van der Waals surface area (Å²) in [6, 6.07) is 0. The van der Waals surface area contributed by atoms with E-state index in [0.717, 1.165) is 17.4 Å². The minimum absolute atomic E-state index is 0.0974. The lowest BCUT2D eigenvalue weighted by atomic mass is 10.1. The SMILES string of the molecule is CCCCCC[C@H](CCCC)SCC(O)CC. The minimum Gasteiger partial charge on any atom is -0.392 e. The zero-order chi connectivity index (χ0) is 12.9. The van der Waals surface area contributed by atoms with Crippen LogP contribution in [0, 0.1) is 0 Å². The molecule has 104 valence electrons. The molecule has 2 heteroatoms. The van der Waals surface area contributed by atoms with Crippen molar-refractivity contribution < 1.29 is 5.11 Å². The molecule has 0 bridgehead atoms. The molecule has 0 fully saturated rings. The molecular weight excluding hydrogens is 228 g/mol. The van der Waals surface area contributed by atoms with E-state index in [9.17, 15) is 5.11 Å². The lowest BCUT2D eigenvalue weighted by Gasteiger charge is -2.18. The molecule has 2 atom stereocenters. The van der Waals surface area contributed by atoms with Crippen molar-refractivity contribution in [1.82, 2.24) is 0 Å². The molecule has 0 amide bonds. The molecule has 0 aromatic carbocycles. The quantitative estimate of drug-likeness (QED) is 0.497. The first-order chi connectivity index (χ1) is 8.24. The fourth-order valence-corrected chi connectivity index (χ4v) is 3.30. The van der Waals surface area contributed by atoms with Crippen LogP contribution < -0.4 is 0 Å². The molecule has 1 nitrogen and oxygen atoms in total. The molecule has 1 N–H and O–H groups in total. The summed E-state index contributed by atoms with van der Waals surface area (Å²) in [6.07, 6.45) is 11.6. The van der Waals surface area contributed by atoms with E-state index in [1.807, 2.05) is 11.8 Å². The van der Waals surface area contributed by atoms with E-state index in [1.165, 1.54) is 51.4 Å². The average Bonchev–Trinajstić information content (AvgIpc) is 2.36. The Kier molecular flexibility index (Phi) is 13.0. The molecule has 0 aliphatic rings. The van der Waals surface area contributed by atoms with Crippen molar-refractivity contribution in [2.75, 3.05) is 5.75 Å². The van der Waals surface area contributed by atoms with Gasteiger partial charge in [0, 0.05) is 11.0 Å². The van der Waals surface area contributed by atoms with Crippen LogP contribution in [0.1, 0.15) is 78.6 Å². The van der Waals surface area contributed by atoms with Crippen molar-refractivity contribution in [3.05, 3.63) is 0 Å². The average molecular weight is 260 g/mol. The Morgan fingerprint density at radius 3 is 2.12 bits per heavy atom. The van der Waals surface area contributed by atoms with Gasteiger partial charge in [-0.05, 0) is 19.3 Å². The van der Waals surface area contributed by atoms with E-state index in [0.29, 0.717) is 0 Å². The van der Waals surface area contributed by atoms with Crippen LogP contribution in [-0.2, 0) is 0 Å². The van der Waals surface area contributed by atoms with Crippen molar-refractivity contribution in [3.8, 4) is 0 Å². The van der Waals surface area contributed by atoms with Gasteiger partial charge in [-0.2, -0.15) is 11.8 Å². The van der Waals surface area contributed by atoms with Crippen LogP contribution >= 0.6 is 11.8 Å². The molecule has 0 heterocycles. The Bertz CT molecular complexity index is 150. The third-order valence-corrected chi connectivity index (χ3v) is 4.77. The monoisotopic (exact) mass is 260 g/mol. The van der Waals surface area contributed by atoms with Crippen LogP contribution in [-0.4, -0.2) is 22.2 Å². The van der Waals surface area contributed by atoms with Gasteiger partial charge in [0.15, 0.2) is 0 Å². The van der Waals surface area contributed by atoms with Gasteiger partial charge in [0.05, 0.1) is 6.10 Å². The summed E-state index contributed by atoms with van der Waals surface area (Å²) >= 11 is 2.00. The number of rotatable bonds is 12. The minimum atomic E-state index is -0.0974. The second-order valence-corrected chi connectivity index (χ2v) is 6.34. The third-order valence-electron chi connectivity index (χ3n) is 3.25. The molecule has 0 aromatic rings. The molecule has 0 aliphatic heterocycles. The van der Waals surface area contributed by atoms with Crippen molar-refractivity contribution in [2.45, 2.75) is 89.9 Å². The highest BCUT2D eigenvalue weighted by Gasteiger charge is 2.11. The highest BCUT2D eigenvalue weighted by atomic mass is 32.2. The predicted molar refractivity (Wildman–Crippen MR) is 80.8 cm³/mol. The number of aliphatic hydroxyl groups excluding tert-OH is 1. The van der Waals surface area contributed by atoms with E-state index in [2.05, 4.69) is 20.8 Å². The third kappa shape index (κ3) is 11.1. The molecule has 0 saturated heterocycles. The topological polar surface area (TPSA) is 20.2 Å². The zero-order valence-corrected chi connectivity index (χ0v) is 12.9. The first-order valence-electron chi connectivity index (χ1n) is 7.54. The Balaban J connectivity index is 3.71. The molecule has 1 unspecified atom stereocenters. The maximum absolute atomic E-state index is 9.62. The molecule has 0 aromatic heterocycles. The van der Waals surface area contributed by atoms with Gasteiger partial charge in [-0.1, -0.05) is 59.3 Å². The zero-order valence-electron chi connectivity index (χ0n) is 12.1. The summed E-state index contributed by atoms with van der Waals surface area (Å²) in [7, 11) is 0. The summed E-state index contributed by atoms with van der Waals surface area (Å²) in [5, 5.41) is 10.4. The molecule has 0 radical (unpaired) electrons. The Morgan fingerprint density at radius 2 is 1.53 bits per heavy atom. The van der Waals surface area contributed by atoms with Crippen molar-refractivity contribution in [2.24, 2.45) is 0 Å². The highest BCUT2D eigenvalue weighted by molar-refractivity contribution is 7.99. The Hall–Kier alpha value is 0.310. The first kappa shape index (κ1) is 17.3. The predicted octanol–water partition coefficient (Wildman–Crippen LogP) is 5.02. The van der Waals surface area contributed by atoms with Crippen molar-refractivity contribution in [1.29, 1.82) is 0 Å². The van der Waals surface area contributed by atoms with Gasteiger partial charge in [0.2, 0.25) is 0 Å². The van der Waals surface area contributed by atoms with Crippen molar-refractivity contribution >= 4 is 11.8 Å². The summed E-state index contributed by atoms with van der Waals surface area (Å²) in [6.45, 7) is 6.59. The summed E-state index contributed by atoms with van der Waals surface area (Å²) < 4.78 is 0. The fourth-order valence-electron chi connectivity index (χ4n) is 1.91. The van der Waals surface area contributed by atoms with Gasteiger partial charge in [0.1, 0.15) is 0 Å². The van der Waals surface area contributed by atoms with Gasteiger partial charge in [0.25, 0.3) is 0 Å². The molecule has 0 aliphatic carbocycles. The van der Waals surface area contributed by atoms with E-state index in [-0.39, 0.29) is 6.10 Å². The van der Waals surface area contributed by atoms with Crippen LogP contribution in [0.5, 0.6) is 0 Å². The number of hydrogen-bond acceptors (Lipinski definition) is 2. The number of aliphatic hydroxyl groups is 1. The van der Waals surface area contributed by atoms with Crippen LogP contribution in [0.2, 0.25) is 0 Å². The van der Waals surface area contributed by atoms with E-state index < -0.39 is 0 Å². The summed E-state index contributed by atoms with van der Waals surface area (Å²) in [5.41, 5.74) is 0. The van der Waals surface area contributed by atoms with Gasteiger partial charge in [-0.3, -0.25) is 0 Å². The van der Waals surface area contributed by atoms with Crippen LogP contribution in [0.25, 0.3) is 0 Å². The summed E-state index contributed by atoms with van der Waals surface area (Å²) in [4.78, 5) is 0. The second kappa shape index (κ2) is 12.8. The highest BCUT2D eigenvalue weighted by Crippen LogP contribution is 2.24. The lowest BCUT2D eigenvalue weighted by Crippen LogP contribution is -2.12. The number of thioether (sulfide) groups is 1. The number of unbranched alkanes of at least 4 members (excludes halogenated alkanes) is 4. The van der Waals surface area contributed by atoms with Crippen molar-refractivity contribution in [3.63, 3.8) is 0 Å². The van der Waals surface area contributed by atoms with Crippen LogP contribution in [0.3, 0.4) is 0 Å². The molecule has 17 heavy (non-hydrogen) atoms. The second-order valence-electron chi connectivity index (χ2n) is 5.01. The molecular formula is C15H32OS. The first-order valence-corrected chi connectivity index (χ1v) is 8.59.